The van der Waals surface area contributed by atoms with E-state index in [0.717, 1.165) is 23.6 Å². The van der Waals surface area contributed by atoms with Crippen molar-refractivity contribution in [3.05, 3.63) is 42.0 Å². The van der Waals surface area contributed by atoms with Crippen LogP contribution in [-0.4, -0.2) is 20.7 Å². The lowest BCUT2D eigenvalue weighted by Gasteiger charge is -2.07. The summed E-state index contributed by atoms with van der Waals surface area (Å²) in [6, 6.07) is 7.59. The second-order valence-corrected chi connectivity index (χ2v) is 4.51. The number of aryl methyl sites for hydroxylation is 2. The van der Waals surface area contributed by atoms with Gasteiger partial charge in [0.05, 0.1) is 6.54 Å². The van der Waals surface area contributed by atoms with Crippen molar-refractivity contribution in [2.24, 2.45) is 0 Å². The van der Waals surface area contributed by atoms with Crippen molar-refractivity contribution in [2.45, 2.75) is 32.9 Å². The Morgan fingerprint density at radius 3 is 2.95 bits per heavy atom. The van der Waals surface area contributed by atoms with E-state index in [4.69, 9.17) is 5.73 Å². The SMILES string of the molecule is CCn1cnnc1CNC(=O)CCc1ccccc1N. The predicted octanol–water partition coefficient (Wildman–Crippen LogP) is 1.13. The number of nitrogen functional groups attached to an aromatic ring is 1. The Bertz CT molecular complexity index is 578. The number of rotatable bonds is 6. The van der Waals surface area contributed by atoms with E-state index in [0.29, 0.717) is 19.4 Å². The Morgan fingerprint density at radius 2 is 2.20 bits per heavy atom. The Labute approximate surface area is 118 Å². The molecule has 0 unspecified atom stereocenters. The summed E-state index contributed by atoms with van der Waals surface area (Å²) in [5.74, 6) is 0.749. The van der Waals surface area contributed by atoms with Crippen LogP contribution in [-0.2, 0) is 24.3 Å². The zero-order valence-electron chi connectivity index (χ0n) is 11.5. The number of nitrogens with zero attached hydrogens (tertiary/aromatic N) is 3. The zero-order chi connectivity index (χ0) is 14.4. The third kappa shape index (κ3) is 3.57. The molecular weight excluding hydrogens is 254 g/mol. The van der Waals surface area contributed by atoms with E-state index < -0.39 is 0 Å². The van der Waals surface area contributed by atoms with E-state index in [1.807, 2.05) is 35.8 Å². The van der Waals surface area contributed by atoms with Crippen LogP contribution in [0.2, 0.25) is 0 Å². The van der Waals surface area contributed by atoms with Gasteiger partial charge in [-0.2, -0.15) is 0 Å². The van der Waals surface area contributed by atoms with E-state index in [-0.39, 0.29) is 5.91 Å². The minimum Gasteiger partial charge on any atom is -0.399 e. The first-order chi connectivity index (χ1) is 9.70. The number of anilines is 1. The Morgan fingerprint density at radius 1 is 1.40 bits per heavy atom. The van der Waals surface area contributed by atoms with Crippen molar-refractivity contribution in [2.75, 3.05) is 5.73 Å². The number of nitrogens with one attached hydrogen (secondary N) is 1. The van der Waals surface area contributed by atoms with Gasteiger partial charge < -0.3 is 15.6 Å². The molecule has 1 aromatic carbocycles. The zero-order valence-corrected chi connectivity index (χ0v) is 11.5. The van der Waals surface area contributed by atoms with E-state index in [9.17, 15) is 4.79 Å². The van der Waals surface area contributed by atoms with Gasteiger partial charge in [0.15, 0.2) is 5.82 Å². The molecule has 2 rings (SSSR count). The van der Waals surface area contributed by atoms with Crippen molar-refractivity contribution in [3.63, 3.8) is 0 Å². The highest BCUT2D eigenvalue weighted by Crippen LogP contribution is 2.12. The molecule has 2 aromatic rings. The fourth-order valence-electron chi connectivity index (χ4n) is 1.96. The summed E-state index contributed by atoms with van der Waals surface area (Å²) in [5.41, 5.74) is 7.57. The summed E-state index contributed by atoms with van der Waals surface area (Å²) >= 11 is 0. The van der Waals surface area contributed by atoms with Gasteiger partial charge in [0.2, 0.25) is 5.91 Å². The van der Waals surface area contributed by atoms with Crippen LogP contribution in [0.25, 0.3) is 0 Å². The molecule has 0 aliphatic carbocycles. The number of carbonyl (C=O) groups is 1. The number of nitrogens with two attached hydrogens (primary N) is 1. The molecule has 3 N–H and O–H groups in total. The summed E-state index contributed by atoms with van der Waals surface area (Å²) in [5, 5.41) is 10.6. The average Bonchev–Trinajstić information content (AvgIpc) is 2.91. The molecule has 1 aromatic heterocycles. The molecule has 0 aliphatic rings. The molecule has 0 aliphatic heterocycles. The van der Waals surface area contributed by atoms with Crippen molar-refractivity contribution in [1.29, 1.82) is 0 Å². The van der Waals surface area contributed by atoms with Gasteiger partial charge in [0, 0.05) is 18.7 Å². The lowest BCUT2D eigenvalue weighted by molar-refractivity contribution is -0.121. The van der Waals surface area contributed by atoms with Crippen LogP contribution >= 0.6 is 0 Å². The monoisotopic (exact) mass is 273 g/mol. The van der Waals surface area contributed by atoms with E-state index in [1.165, 1.54) is 0 Å². The molecule has 6 nitrogen and oxygen atoms in total. The Hall–Kier alpha value is -2.37. The number of hydrogen-bond acceptors (Lipinski definition) is 4. The van der Waals surface area contributed by atoms with Crippen molar-refractivity contribution in [3.8, 4) is 0 Å². The third-order valence-electron chi connectivity index (χ3n) is 3.16. The van der Waals surface area contributed by atoms with E-state index >= 15 is 0 Å². The molecule has 0 atom stereocenters. The lowest BCUT2D eigenvalue weighted by atomic mass is 10.1. The molecule has 0 bridgehead atoms. The second-order valence-electron chi connectivity index (χ2n) is 4.51. The highest BCUT2D eigenvalue weighted by Gasteiger charge is 2.07. The summed E-state index contributed by atoms with van der Waals surface area (Å²) < 4.78 is 1.90. The number of carbonyl (C=O) groups excluding carboxylic acids is 1. The molecule has 20 heavy (non-hydrogen) atoms. The summed E-state index contributed by atoms with van der Waals surface area (Å²) in [6.45, 7) is 3.20. The first kappa shape index (κ1) is 14.0. The summed E-state index contributed by atoms with van der Waals surface area (Å²) in [4.78, 5) is 11.8. The average molecular weight is 273 g/mol. The molecule has 0 spiro atoms. The van der Waals surface area contributed by atoms with Gasteiger partial charge in [-0.25, -0.2) is 0 Å². The van der Waals surface area contributed by atoms with Crippen LogP contribution in [0.5, 0.6) is 0 Å². The van der Waals surface area contributed by atoms with Crippen LogP contribution in [0.15, 0.2) is 30.6 Å². The normalized spacial score (nSPS) is 10.4. The highest BCUT2D eigenvalue weighted by molar-refractivity contribution is 5.76. The smallest absolute Gasteiger partial charge is 0.220 e. The fourth-order valence-corrected chi connectivity index (χ4v) is 1.96. The minimum absolute atomic E-state index is 0.0149. The molecule has 0 radical (unpaired) electrons. The minimum atomic E-state index is -0.0149. The lowest BCUT2D eigenvalue weighted by Crippen LogP contribution is -2.25. The number of benzene rings is 1. The van der Waals surface area contributed by atoms with Crippen molar-refractivity contribution in [1.82, 2.24) is 20.1 Å². The summed E-state index contributed by atoms with van der Waals surface area (Å²) in [7, 11) is 0. The van der Waals surface area contributed by atoms with Crippen LogP contribution in [0.3, 0.4) is 0 Å². The standard InChI is InChI=1S/C14H19N5O/c1-2-19-10-17-18-13(19)9-16-14(20)8-7-11-5-3-4-6-12(11)15/h3-6,10H,2,7-9,15H2,1H3,(H,16,20). The Kier molecular flexibility index (Phi) is 4.70. The van der Waals surface area contributed by atoms with E-state index in [2.05, 4.69) is 15.5 Å². The van der Waals surface area contributed by atoms with Gasteiger partial charge >= 0.3 is 0 Å². The highest BCUT2D eigenvalue weighted by atomic mass is 16.1. The molecule has 1 heterocycles. The van der Waals surface area contributed by atoms with Gasteiger partial charge in [-0.3, -0.25) is 4.79 Å². The van der Waals surface area contributed by atoms with Crippen LogP contribution in [0.1, 0.15) is 24.7 Å². The maximum Gasteiger partial charge on any atom is 0.220 e. The molecule has 106 valence electrons. The van der Waals surface area contributed by atoms with Gasteiger partial charge in [0.25, 0.3) is 0 Å². The topological polar surface area (TPSA) is 85.8 Å². The molecule has 1 amide bonds. The largest absolute Gasteiger partial charge is 0.399 e. The number of hydrogen-bond donors (Lipinski definition) is 2. The number of aromatic nitrogens is 3. The van der Waals surface area contributed by atoms with Gasteiger partial charge in [0.1, 0.15) is 6.33 Å². The summed E-state index contributed by atoms with van der Waals surface area (Å²) in [6.07, 6.45) is 2.71. The maximum atomic E-state index is 11.8. The van der Waals surface area contributed by atoms with Crippen LogP contribution in [0, 0.1) is 0 Å². The van der Waals surface area contributed by atoms with Crippen LogP contribution in [0.4, 0.5) is 5.69 Å². The fraction of sp³-hybridized carbons (Fsp3) is 0.357. The van der Waals surface area contributed by atoms with Crippen molar-refractivity contribution >= 4 is 11.6 Å². The number of amides is 1. The quantitative estimate of drug-likeness (QED) is 0.772. The second kappa shape index (κ2) is 6.70. The number of para-hydroxylation sites is 1. The molecule has 0 fully saturated rings. The van der Waals surface area contributed by atoms with Crippen LogP contribution < -0.4 is 11.1 Å². The molecule has 0 saturated carbocycles. The van der Waals surface area contributed by atoms with E-state index in [1.54, 1.807) is 6.33 Å². The maximum absolute atomic E-state index is 11.8. The first-order valence-electron chi connectivity index (χ1n) is 6.67. The van der Waals surface area contributed by atoms with Gasteiger partial charge in [-0.05, 0) is 25.0 Å². The predicted molar refractivity (Wildman–Crippen MR) is 76.7 cm³/mol. The third-order valence-corrected chi connectivity index (χ3v) is 3.16. The first-order valence-corrected chi connectivity index (χ1v) is 6.67. The van der Waals surface area contributed by atoms with Gasteiger partial charge in [-0.15, -0.1) is 10.2 Å². The molecule has 0 saturated heterocycles. The molecule has 6 heteroatoms. The molecular formula is C14H19N5O. The Balaban J connectivity index is 1.80. The van der Waals surface area contributed by atoms with Crippen molar-refractivity contribution < 1.29 is 4.79 Å². The van der Waals surface area contributed by atoms with Gasteiger partial charge in [-0.1, -0.05) is 18.2 Å².